The van der Waals surface area contributed by atoms with Gasteiger partial charge in [0.1, 0.15) is 4.83 Å². The van der Waals surface area contributed by atoms with Gasteiger partial charge < -0.3 is 4.42 Å². The Hall–Kier alpha value is -1.93. The van der Waals surface area contributed by atoms with Gasteiger partial charge in [0, 0.05) is 13.0 Å². The molecule has 6 nitrogen and oxygen atoms in total. The first kappa shape index (κ1) is 15.9. The van der Waals surface area contributed by atoms with Crippen molar-refractivity contribution in [2.75, 3.05) is 0 Å². The highest BCUT2D eigenvalue weighted by molar-refractivity contribution is 7.99. The van der Waals surface area contributed by atoms with E-state index >= 15 is 0 Å². The number of fused-ring (bicyclic) bond motifs is 1. The predicted octanol–water partition coefficient (Wildman–Crippen LogP) is 3.44. The van der Waals surface area contributed by atoms with Crippen LogP contribution in [0, 0.1) is 0 Å². The van der Waals surface area contributed by atoms with Crippen LogP contribution in [0.15, 0.2) is 38.5 Å². The summed E-state index contributed by atoms with van der Waals surface area (Å²) in [5.74, 6) is 1.15. The van der Waals surface area contributed by atoms with Gasteiger partial charge >= 0.3 is 0 Å². The van der Waals surface area contributed by atoms with Crippen LogP contribution in [0.25, 0.3) is 10.2 Å². The van der Waals surface area contributed by atoms with Gasteiger partial charge in [-0.2, -0.15) is 0 Å². The predicted molar refractivity (Wildman–Crippen MR) is 92.0 cm³/mol. The molecule has 1 atom stereocenters. The Kier molecular flexibility index (Phi) is 4.63. The number of aryl methyl sites for hydroxylation is 1. The minimum atomic E-state index is -0.0943. The molecule has 0 fully saturated rings. The molecule has 3 aromatic rings. The highest BCUT2D eigenvalue weighted by Crippen LogP contribution is 2.33. The maximum atomic E-state index is 12.6. The van der Waals surface area contributed by atoms with Gasteiger partial charge in [0.05, 0.1) is 10.6 Å². The quantitative estimate of drug-likeness (QED) is 0.386. The summed E-state index contributed by atoms with van der Waals surface area (Å²) in [6.07, 6.45) is 2.39. The smallest absolute Gasteiger partial charge is 0.263 e. The standard InChI is InChI=1S/C15H16N4O2S2/c1-4-7-19-14(20)10-6-8-22-13(10)16-15(19)23-9(3)12-18-17-11(5-2)21-12/h4,6,8-9H,1,5,7H2,2-3H3/t9-/m1/s1. The zero-order valence-electron chi connectivity index (χ0n) is 12.9. The topological polar surface area (TPSA) is 73.8 Å². The Bertz CT molecular complexity index is 896. The molecule has 0 radical (unpaired) electrons. The molecule has 0 amide bonds. The molecule has 3 aromatic heterocycles. The average molecular weight is 348 g/mol. The van der Waals surface area contributed by atoms with Crippen molar-refractivity contribution in [3.63, 3.8) is 0 Å². The van der Waals surface area contributed by atoms with Crippen molar-refractivity contribution in [2.45, 2.75) is 37.2 Å². The molecule has 0 unspecified atom stereocenters. The van der Waals surface area contributed by atoms with Gasteiger partial charge in [0.15, 0.2) is 5.16 Å². The van der Waals surface area contributed by atoms with E-state index in [9.17, 15) is 4.79 Å². The van der Waals surface area contributed by atoms with Crippen LogP contribution in [0.5, 0.6) is 0 Å². The molecule has 0 aliphatic rings. The summed E-state index contributed by atoms with van der Waals surface area (Å²) in [7, 11) is 0. The Balaban J connectivity index is 1.99. The second kappa shape index (κ2) is 6.67. The first-order valence-electron chi connectivity index (χ1n) is 7.22. The molecule has 0 spiro atoms. The second-order valence-electron chi connectivity index (χ2n) is 4.89. The van der Waals surface area contributed by atoms with Crippen LogP contribution in [-0.4, -0.2) is 19.7 Å². The maximum absolute atomic E-state index is 12.6. The molecular formula is C15H16N4O2S2. The first-order valence-corrected chi connectivity index (χ1v) is 8.97. The van der Waals surface area contributed by atoms with E-state index in [4.69, 9.17) is 4.42 Å². The van der Waals surface area contributed by atoms with Crippen LogP contribution < -0.4 is 5.56 Å². The summed E-state index contributed by atoms with van der Waals surface area (Å²) in [5, 5.41) is 11.1. The van der Waals surface area contributed by atoms with Gasteiger partial charge in [0.2, 0.25) is 11.8 Å². The number of thioether (sulfide) groups is 1. The molecule has 0 aliphatic carbocycles. The van der Waals surface area contributed by atoms with Gasteiger partial charge in [-0.25, -0.2) is 4.98 Å². The highest BCUT2D eigenvalue weighted by atomic mass is 32.2. The van der Waals surface area contributed by atoms with Crippen molar-refractivity contribution in [1.82, 2.24) is 19.7 Å². The largest absolute Gasteiger partial charge is 0.424 e. The lowest BCUT2D eigenvalue weighted by Gasteiger charge is -2.12. The average Bonchev–Trinajstić information content (AvgIpc) is 3.19. The van der Waals surface area contributed by atoms with Crippen LogP contribution >= 0.6 is 23.1 Å². The van der Waals surface area contributed by atoms with Crippen LogP contribution in [-0.2, 0) is 13.0 Å². The van der Waals surface area contributed by atoms with Crippen molar-refractivity contribution in [3.8, 4) is 0 Å². The van der Waals surface area contributed by atoms with Crippen LogP contribution in [0.2, 0.25) is 0 Å². The summed E-state index contributed by atoms with van der Waals surface area (Å²) in [4.78, 5) is 17.9. The lowest BCUT2D eigenvalue weighted by Crippen LogP contribution is -2.22. The molecular weight excluding hydrogens is 332 g/mol. The zero-order valence-corrected chi connectivity index (χ0v) is 14.5. The summed E-state index contributed by atoms with van der Waals surface area (Å²) >= 11 is 2.89. The van der Waals surface area contributed by atoms with Crippen molar-refractivity contribution in [2.24, 2.45) is 0 Å². The number of nitrogens with zero attached hydrogens (tertiary/aromatic N) is 4. The number of aromatic nitrogens is 4. The van der Waals surface area contributed by atoms with Crippen molar-refractivity contribution < 1.29 is 4.42 Å². The van der Waals surface area contributed by atoms with E-state index in [0.717, 1.165) is 4.83 Å². The summed E-state index contributed by atoms with van der Waals surface area (Å²) < 4.78 is 7.22. The molecule has 0 N–H and O–H groups in total. The van der Waals surface area contributed by atoms with E-state index in [-0.39, 0.29) is 10.8 Å². The zero-order chi connectivity index (χ0) is 16.4. The molecule has 3 rings (SSSR count). The van der Waals surface area contributed by atoms with Crippen molar-refractivity contribution >= 4 is 33.3 Å². The van der Waals surface area contributed by atoms with Gasteiger partial charge in [-0.05, 0) is 18.4 Å². The molecule has 0 saturated heterocycles. The number of rotatable bonds is 6. The summed E-state index contributed by atoms with van der Waals surface area (Å²) in [6, 6.07) is 1.80. The fourth-order valence-electron chi connectivity index (χ4n) is 2.09. The third-order valence-corrected chi connectivity index (χ3v) is 5.16. The number of allylic oxidation sites excluding steroid dienone is 1. The number of hydrogen-bond donors (Lipinski definition) is 0. The maximum Gasteiger partial charge on any atom is 0.263 e. The third kappa shape index (κ3) is 3.09. The van der Waals surface area contributed by atoms with E-state index < -0.39 is 0 Å². The van der Waals surface area contributed by atoms with E-state index in [0.29, 0.717) is 35.3 Å². The molecule has 0 aliphatic heterocycles. The van der Waals surface area contributed by atoms with Gasteiger partial charge in [-0.15, -0.1) is 28.1 Å². The number of hydrogen-bond acceptors (Lipinski definition) is 7. The van der Waals surface area contributed by atoms with Crippen LogP contribution in [0.1, 0.15) is 30.9 Å². The third-order valence-electron chi connectivity index (χ3n) is 3.27. The molecule has 0 saturated carbocycles. The molecule has 8 heteroatoms. The van der Waals surface area contributed by atoms with Crippen LogP contribution in [0.3, 0.4) is 0 Å². The number of thiophene rings is 1. The minimum absolute atomic E-state index is 0.0503. The first-order chi connectivity index (χ1) is 11.1. The Morgan fingerprint density at radius 1 is 1.52 bits per heavy atom. The van der Waals surface area contributed by atoms with E-state index in [1.165, 1.54) is 23.1 Å². The van der Waals surface area contributed by atoms with Crippen LogP contribution in [0.4, 0.5) is 0 Å². The van der Waals surface area contributed by atoms with E-state index in [1.54, 1.807) is 16.7 Å². The normalized spacial score (nSPS) is 12.6. The van der Waals surface area contributed by atoms with Gasteiger partial charge in [-0.1, -0.05) is 24.8 Å². The molecule has 0 bridgehead atoms. The second-order valence-corrected chi connectivity index (χ2v) is 7.09. The van der Waals surface area contributed by atoms with Crippen molar-refractivity contribution in [1.29, 1.82) is 0 Å². The molecule has 23 heavy (non-hydrogen) atoms. The molecule has 120 valence electrons. The minimum Gasteiger partial charge on any atom is -0.424 e. The van der Waals surface area contributed by atoms with E-state index in [2.05, 4.69) is 21.8 Å². The van der Waals surface area contributed by atoms with E-state index in [1.807, 2.05) is 19.2 Å². The van der Waals surface area contributed by atoms with Crippen molar-refractivity contribution in [3.05, 3.63) is 46.2 Å². The SMILES string of the molecule is C=CCn1c(S[C@H](C)c2nnc(CC)o2)nc2sccc2c1=O. The Morgan fingerprint density at radius 3 is 3.04 bits per heavy atom. The lowest BCUT2D eigenvalue weighted by molar-refractivity contribution is 0.455. The molecule has 0 aromatic carbocycles. The molecule has 3 heterocycles. The van der Waals surface area contributed by atoms with Gasteiger partial charge in [-0.3, -0.25) is 9.36 Å². The lowest BCUT2D eigenvalue weighted by atomic mass is 10.4. The monoisotopic (exact) mass is 348 g/mol. The fourth-order valence-corrected chi connectivity index (χ4v) is 3.85. The highest BCUT2D eigenvalue weighted by Gasteiger charge is 2.19. The summed E-state index contributed by atoms with van der Waals surface area (Å²) in [6.45, 7) is 8.06. The Labute approximate surface area is 141 Å². The summed E-state index contributed by atoms with van der Waals surface area (Å²) in [5.41, 5.74) is -0.0503. The fraction of sp³-hybridized carbons (Fsp3) is 0.333. The van der Waals surface area contributed by atoms with Gasteiger partial charge in [0.25, 0.3) is 5.56 Å². The Morgan fingerprint density at radius 2 is 2.35 bits per heavy atom.